The van der Waals surface area contributed by atoms with Gasteiger partial charge >= 0.3 is 0 Å². The maximum atomic E-state index is 8.93. The summed E-state index contributed by atoms with van der Waals surface area (Å²) in [5.41, 5.74) is 0. The van der Waals surface area contributed by atoms with E-state index in [2.05, 4.69) is 4.98 Å². The summed E-state index contributed by atoms with van der Waals surface area (Å²) in [6, 6.07) is 0. The summed E-state index contributed by atoms with van der Waals surface area (Å²) in [5, 5.41) is 8.81. The molecule has 2 nitrogen and oxygen atoms in total. The first-order valence-corrected chi connectivity index (χ1v) is 3.94. The molecule has 1 rings (SSSR count). The Morgan fingerprint density at radius 3 is 2.00 bits per heavy atom. The number of hydrogen-bond donors (Lipinski definition) is 1. The Labute approximate surface area is 82.7 Å². The molecule has 1 N–H and O–H groups in total. The predicted octanol–water partition coefficient (Wildman–Crippen LogP) is 3.40. The van der Waals surface area contributed by atoms with Gasteiger partial charge in [0.05, 0.1) is 10.0 Å². The molecule has 0 saturated carbocycles. The summed E-state index contributed by atoms with van der Waals surface area (Å²) < 4.78 is 0. The van der Waals surface area contributed by atoms with Crippen molar-refractivity contribution in [2.24, 2.45) is 0 Å². The summed E-state index contributed by atoms with van der Waals surface area (Å²) in [6.07, 6.45) is 0. The van der Waals surface area contributed by atoms with Gasteiger partial charge in [0.2, 0.25) is 5.88 Å². The monoisotopic (exact) mass is 231 g/mol. The topological polar surface area (TPSA) is 33.1 Å². The van der Waals surface area contributed by atoms with Crippen molar-refractivity contribution in [3.05, 3.63) is 20.2 Å². The molecule has 6 heteroatoms. The Morgan fingerprint density at radius 1 is 0.909 bits per heavy atom. The van der Waals surface area contributed by atoms with Crippen LogP contribution in [0.3, 0.4) is 0 Å². The van der Waals surface area contributed by atoms with Crippen LogP contribution in [0.1, 0.15) is 0 Å². The Bertz CT molecular complexity index is 275. The molecule has 1 heterocycles. The van der Waals surface area contributed by atoms with E-state index < -0.39 is 5.88 Å². The van der Waals surface area contributed by atoms with Crippen LogP contribution >= 0.6 is 46.4 Å². The van der Waals surface area contributed by atoms with E-state index in [1.165, 1.54) is 0 Å². The molecule has 0 fully saturated rings. The lowest BCUT2D eigenvalue weighted by molar-refractivity contribution is 0.454. The van der Waals surface area contributed by atoms with E-state index in [-0.39, 0.29) is 20.2 Å². The Morgan fingerprint density at radius 2 is 1.45 bits per heavy atom. The van der Waals surface area contributed by atoms with Crippen LogP contribution in [-0.4, -0.2) is 10.1 Å². The molecule has 60 valence electrons. The number of pyridine rings is 1. The lowest BCUT2D eigenvalue weighted by atomic mass is 10.5. The Kier molecular flexibility index (Phi) is 2.70. The van der Waals surface area contributed by atoms with Crippen molar-refractivity contribution < 1.29 is 5.11 Å². The highest BCUT2D eigenvalue weighted by atomic mass is 35.5. The molecule has 0 unspecified atom stereocenters. The zero-order valence-electron chi connectivity index (χ0n) is 4.91. The maximum absolute atomic E-state index is 8.93. The molecule has 1 aromatic rings. The van der Waals surface area contributed by atoms with E-state index in [1.807, 2.05) is 0 Å². The standard InChI is InChI=1S/C5HCl4NO/c6-1-2(7)4(9)10-5(11)3(1)8/h(H,10,11). The lowest BCUT2D eigenvalue weighted by Crippen LogP contribution is -1.81. The maximum Gasteiger partial charge on any atom is 0.233 e. The third kappa shape index (κ3) is 1.64. The van der Waals surface area contributed by atoms with Crippen molar-refractivity contribution in [2.75, 3.05) is 0 Å². The largest absolute Gasteiger partial charge is 0.492 e. The van der Waals surface area contributed by atoms with Crippen LogP contribution in [0.25, 0.3) is 0 Å². The van der Waals surface area contributed by atoms with Crippen LogP contribution in [0.5, 0.6) is 5.88 Å². The fraction of sp³-hybridized carbons (Fsp3) is 0. The molecule has 11 heavy (non-hydrogen) atoms. The summed E-state index contributed by atoms with van der Waals surface area (Å²) in [4.78, 5) is 3.41. The van der Waals surface area contributed by atoms with Crippen molar-refractivity contribution in [1.82, 2.24) is 4.98 Å². The molecule has 0 atom stereocenters. The molecular formula is C5HCl4NO. The van der Waals surface area contributed by atoms with Crippen molar-refractivity contribution in [3.63, 3.8) is 0 Å². The third-order valence-electron chi connectivity index (χ3n) is 0.967. The average Bonchev–Trinajstić information content (AvgIpc) is 1.97. The van der Waals surface area contributed by atoms with Gasteiger partial charge in [0.25, 0.3) is 0 Å². The highest BCUT2D eigenvalue weighted by molar-refractivity contribution is 6.51. The predicted molar refractivity (Wildman–Crippen MR) is 45.9 cm³/mol. The zero-order chi connectivity index (χ0) is 8.59. The quantitative estimate of drug-likeness (QED) is 0.696. The van der Waals surface area contributed by atoms with Gasteiger partial charge in [-0.15, -0.1) is 0 Å². The highest BCUT2D eigenvalue weighted by Crippen LogP contribution is 2.38. The van der Waals surface area contributed by atoms with E-state index in [4.69, 9.17) is 51.5 Å². The molecule has 0 saturated heterocycles. The first-order chi connectivity index (χ1) is 5.04. The van der Waals surface area contributed by atoms with Crippen LogP contribution in [-0.2, 0) is 0 Å². The van der Waals surface area contributed by atoms with Gasteiger partial charge < -0.3 is 5.11 Å². The van der Waals surface area contributed by atoms with E-state index >= 15 is 0 Å². The molecule has 0 bridgehead atoms. The van der Waals surface area contributed by atoms with E-state index in [0.717, 1.165) is 0 Å². The van der Waals surface area contributed by atoms with Crippen LogP contribution in [0.4, 0.5) is 0 Å². The normalized spacial score (nSPS) is 10.2. The fourth-order valence-corrected chi connectivity index (χ4v) is 1.20. The fourth-order valence-electron chi connectivity index (χ4n) is 0.476. The molecule has 0 aliphatic carbocycles. The smallest absolute Gasteiger partial charge is 0.233 e. The molecule has 1 aromatic heterocycles. The van der Waals surface area contributed by atoms with Crippen LogP contribution < -0.4 is 0 Å². The first-order valence-electron chi connectivity index (χ1n) is 2.43. The van der Waals surface area contributed by atoms with Crippen molar-refractivity contribution >= 4 is 46.4 Å². The average molecular weight is 233 g/mol. The summed E-state index contributed by atoms with van der Waals surface area (Å²) in [5.74, 6) is -0.425. The SMILES string of the molecule is Oc1nc(Cl)c(Cl)c(Cl)c1Cl. The second-order valence-corrected chi connectivity index (χ2v) is 3.16. The third-order valence-corrected chi connectivity index (χ3v) is 2.63. The zero-order valence-corrected chi connectivity index (χ0v) is 7.93. The Hall–Kier alpha value is 0.110. The number of aromatic nitrogens is 1. The second-order valence-electron chi connectivity index (χ2n) is 1.67. The summed E-state index contributed by atoms with van der Waals surface area (Å²) in [6.45, 7) is 0. The number of aromatic hydroxyl groups is 1. The number of hydrogen-bond acceptors (Lipinski definition) is 2. The Balaban J connectivity index is 3.46. The van der Waals surface area contributed by atoms with Crippen LogP contribution in [0, 0.1) is 0 Å². The minimum atomic E-state index is -0.425. The van der Waals surface area contributed by atoms with Crippen molar-refractivity contribution in [3.8, 4) is 5.88 Å². The number of nitrogens with zero attached hydrogens (tertiary/aromatic N) is 1. The van der Waals surface area contributed by atoms with E-state index in [1.54, 1.807) is 0 Å². The van der Waals surface area contributed by atoms with Crippen molar-refractivity contribution in [1.29, 1.82) is 0 Å². The molecular weight excluding hydrogens is 232 g/mol. The van der Waals surface area contributed by atoms with Gasteiger partial charge in [0.15, 0.2) is 5.15 Å². The second kappa shape index (κ2) is 3.23. The summed E-state index contributed by atoms with van der Waals surface area (Å²) >= 11 is 22.0. The minimum absolute atomic E-state index is 0.00540. The van der Waals surface area contributed by atoms with Crippen LogP contribution in [0.2, 0.25) is 20.2 Å². The van der Waals surface area contributed by atoms with Gasteiger partial charge in [-0.25, -0.2) is 0 Å². The van der Waals surface area contributed by atoms with Crippen LogP contribution in [0.15, 0.2) is 0 Å². The summed E-state index contributed by atoms with van der Waals surface area (Å²) in [7, 11) is 0. The van der Waals surface area contributed by atoms with E-state index in [0.29, 0.717) is 0 Å². The molecule has 0 radical (unpaired) electrons. The van der Waals surface area contributed by atoms with Gasteiger partial charge in [-0.1, -0.05) is 46.4 Å². The number of rotatable bonds is 0. The number of halogens is 4. The molecule has 0 aliphatic rings. The van der Waals surface area contributed by atoms with Gasteiger partial charge in [-0.2, -0.15) is 4.98 Å². The van der Waals surface area contributed by atoms with Gasteiger partial charge in [0.1, 0.15) is 5.02 Å². The van der Waals surface area contributed by atoms with Crippen molar-refractivity contribution in [2.45, 2.75) is 0 Å². The molecule has 0 aliphatic heterocycles. The van der Waals surface area contributed by atoms with Gasteiger partial charge in [0, 0.05) is 0 Å². The minimum Gasteiger partial charge on any atom is -0.492 e. The van der Waals surface area contributed by atoms with Gasteiger partial charge in [-0.3, -0.25) is 0 Å². The van der Waals surface area contributed by atoms with E-state index in [9.17, 15) is 0 Å². The molecule has 0 amide bonds. The highest BCUT2D eigenvalue weighted by Gasteiger charge is 2.13. The lowest BCUT2D eigenvalue weighted by Gasteiger charge is -2.01. The molecule has 0 spiro atoms. The molecule has 0 aromatic carbocycles. The van der Waals surface area contributed by atoms with Gasteiger partial charge in [-0.05, 0) is 0 Å². The first kappa shape index (κ1) is 9.20.